The Balaban J connectivity index is 1.33. The van der Waals surface area contributed by atoms with Crippen molar-refractivity contribution in [1.82, 2.24) is 10.6 Å². The largest absolute Gasteiger partial charge is 0.450 e. The maximum absolute atomic E-state index is 13.6. The summed E-state index contributed by atoms with van der Waals surface area (Å²) in [7, 11) is 1.90. The van der Waals surface area contributed by atoms with Crippen LogP contribution in [0.3, 0.4) is 0 Å². The highest BCUT2D eigenvalue weighted by Gasteiger charge is 2.81. The van der Waals surface area contributed by atoms with Gasteiger partial charge in [0.05, 0.1) is 22.7 Å². The van der Waals surface area contributed by atoms with Crippen molar-refractivity contribution in [3.63, 3.8) is 0 Å². The van der Waals surface area contributed by atoms with Gasteiger partial charge in [-0.3, -0.25) is 0 Å². The molecule has 1 aliphatic heterocycles. The molecule has 5 saturated carbocycles. The van der Waals surface area contributed by atoms with E-state index in [1.807, 2.05) is 7.05 Å². The number of aliphatic hydroxyl groups excluding tert-OH is 1. The molecule has 0 saturated heterocycles. The molecule has 0 spiro atoms. The number of fused-ring (bicyclic) bond motifs is 8. The molecule has 6 N–H and O–H groups in total. The minimum atomic E-state index is -1.62. The van der Waals surface area contributed by atoms with Gasteiger partial charge in [-0.25, -0.2) is 4.79 Å². The van der Waals surface area contributed by atoms with Crippen LogP contribution in [0.4, 0.5) is 0 Å². The molecule has 0 aromatic heterocycles. The van der Waals surface area contributed by atoms with Crippen molar-refractivity contribution in [3.05, 3.63) is 23.3 Å². The lowest BCUT2D eigenvalue weighted by Crippen LogP contribution is -2.80. The number of aliphatic hydroxyl groups is 4. The highest BCUT2D eigenvalue weighted by atomic mass is 16.5. The third-order valence-corrected chi connectivity index (χ3v) is 14.7. The molecule has 0 unspecified atom stereocenters. The van der Waals surface area contributed by atoms with Gasteiger partial charge >= 0.3 is 5.97 Å². The normalized spacial score (nSPS) is 51.5. The second-order valence-corrected chi connectivity index (χ2v) is 16.5. The van der Waals surface area contributed by atoms with E-state index in [0.717, 1.165) is 36.9 Å². The molecule has 9 heteroatoms. The Morgan fingerprint density at radius 2 is 1.87 bits per heavy atom. The summed E-state index contributed by atoms with van der Waals surface area (Å²) in [6.45, 7) is 8.57. The molecule has 7 aliphatic rings. The number of hydrogen-bond donors (Lipinski definition) is 6. The first-order chi connectivity index (χ1) is 21.3. The number of nitrogens with one attached hydrogen (secondary N) is 2. The van der Waals surface area contributed by atoms with E-state index in [9.17, 15) is 30.0 Å². The number of aldehydes is 1. The summed E-state index contributed by atoms with van der Waals surface area (Å²) >= 11 is 0. The van der Waals surface area contributed by atoms with Crippen molar-refractivity contribution in [2.75, 3.05) is 26.7 Å². The van der Waals surface area contributed by atoms with Gasteiger partial charge in [-0.05, 0) is 106 Å². The van der Waals surface area contributed by atoms with E-state index < -0.39 is 57.6 Å². The molecule has 45 heavy (non-hydrogen) atoms. The first kappa shape index (κ1) is 32.0. The minimum Gasteiger partial charge on any atom is -0.450 e. The fraction of sp³-hybridized carbons (Fsp3) is 0.833. The Morgan fingerprint density at radius 1 is 1.09 bits per heavy atom. The number of rotatable bonds is 7. The smallest absolute Gasteiger partial charge is 0.331 e. The Kier molecular flexibility index (Phi) is 7.59. The van der Waals surface area contributed by atoms with E-state index in [1.165, 1.54) is 0 Å². The van der Waals surface area contributed by atoms with Crippen LogP contribution < -0.4 is 10.6 Å². The summed E-state index contributed by atoms with van der Waals surface area (Å²) in [5, 5.41) is 57.4. The predicted octanol–water partition coefficient (Wildman–Crippen LogP) is 2.27. The van der Waals surface area contributed by atoms with Crippen LogP contribution in [0.2, 0.25) is 0 Å². The molecule has 13 atom stereocenters. The summed E-state index contributed by atoms with van der Waals surface area (Å²) in [6.07, 6.45) is 7.99. The number of carbonyl (C=O) groups is 2. The zero-order valence-corrected chi connectivity index (χ0v) is 27.4. The van der Waals surface area contributed by atoms with Gasteiger partial charge in [0.25, 0.3) is 0 Å². The molecule has 250 valence electrons. The minimum absolute atomic E-state index is 0.104. The van der Waals surface area contributed by atoms with Crippen molar-refractivity contribution in [1.29, 1.82) is 0 Å². The van der Waals surface area contributed by atoms with Crippen LogP contribution in [0.25, 0.3) is 0 Å². The number of esters is 1. The zero-order chi connectivity index (χ0) is 32.2. The van der Waals surface area contributed by atoms with Gasteiger partial charge in [-0.15, -0.1) is 0 Å². The molecule has 0 aromatic carbocycles. The lowest BCUT2D eigenvalue weighted by atomic mass is 9.36. The van der Waals surface area contributed by atoms with Crippen LogP contribution in [-0.2, 0) is 14.3 Å². The van der Waals surface area contributed by atoms with Crippen LogP contribution in [0.1, 0.15) is 78.6 Å². The quantitative estimate of drug-likeness (QED) is 0.108. The van der Waals surface area contributed by atoms with Crippen molar-refractivity contribution in [3.8, 4) is 0 Å². The molecule has 0 amide bonds. The highest BCUT2D eigenvalue weighted by Crippen LogP contribution is 2.76. The SMILES string of the molecule is CNCCNCC1=C[C@@H]2C[C@@]3(O)[C@](C)(CC[C@H]4[C@@]3(O)C[C@H]3C[C@H](C(C)C)CC[C@@H]5[C@@H](O)CC[C@@]4(C=O)[C@]35O)[C@H]2C2=CC(=O)O[C@@H]12. The maximum Gasteiger partial charge on any atom is 0.331 e. The second kappa shape index (κ2) is 10.7. The topological polar surface area (TPSA) is 148 Å². The van der Waals surface area contributed by atoms with E-state index in [2.05, 4.69) is 37.5 Å². The van der Waals surface area contributed by atoms with Crippen molar-refractivity contribution >= 4 is 12.3 Å². The molecular weight excluding hydrogens is 572 g/mol. The monoisotopic (exact) mass is 626 g/mol. The summed E-state index contributed by atoms with van der Waals surface area (Å²) in [5.74, 6) is -1.52. The number of likely N-dealkylation sites (N-methyl/N-ethyl adjacent to an activating group) is 1. The Bertz CT molecular complexity index is 1300. The van der Waals surface area contributed by atoms with Gasteiger partial charge in [-0.2, -0.15) is 0 Å². The lowest BCUT2D eigenvalue weighted by Gasteiger charge is -2.71. The maximum atomic E-state index is 13.6. The Labute approximate surface area is 267 Å². The van der Waals surface area contributed by atoms with Crippen LogP contribution in [0.15, 0.2) is 23.3 Å². The van der Waals surface area contributed by atoms with Crippen LogP contribution >= 0.6 is 0 Å². The summed E-state index contributed by atoms with van der Waals surface area (Å²) in [5.41, 5.74) is -4.75. The van der Waals surface area contributed by atoms with E-state index in [-0.39, 0.29) is 30.1 Å². The number of ether oxygens (including phenoxy) is 1. The Hall–Kier alpha value is -1.62. The third kappa shape index (κ3) is 4.00. The van der Waals surface area contributed by atoms with Gasteiger partial charge in [0.2, 0.25) is 0 Å². The molecule has 7 rings (SSSR count). The summed E-state index contributed by atoms with van der Waals surface area (Å²) in [6, 6.07) is 0. The van der Waals surface area contributed by atoms with Crippen LogP contribution in [-0.4, -0.2) is 88.4 Å². The van der Waals surface area contributed by atoms with E-state index in [4.69, 9.17) is 4.74 Å². The zero-order valence-electron chi connectivity index (χ0n) is 27.4. The highest BCUT2D eigenvalue weighted by molar-refractivity contribution is 5.87. The molecule has 0 bridgehead atoms. The van der Waals surface area contributed by atoms with Crippen molar-refractivity contribution in [2.45, 2.75) is 108 Å². The average molecular weight is 627 g/mol. The van der Waals surface area contributed by atoms with Gasteiger partial charge in [0.1, 0.15) is 18.0 Å². The van der Waals surface area contributed by atoms with Gasteiger partial charge < -0.3 is 40.6 Å². The Morgan fingerprint density at radius 3 is 2.58 bits per heavy atom. The van der Waals surface area contributed by atoms with Gasteiger partial charge in [0.15, 0.2) is 0 Å². The first-order valence-electron chi connectivity index (χ1n) is 17.6. The van der Waals surface area contributed by atoms with E-state index in [0.29, 0.717) is 57.4 Å². The number of allylic oxidation sites excluding steroid dienone is 1. The molecule has 5 fully saturated rings. The van der Waals surface area contributed by atoms with Crippen molar-refractivity contribution < 1.29 is 34.8 Å². The molecule has 0 aromatic rings. The first-order valence-corrected chi connectivity index (χ1v) is 17.6. The second-order valence-electron chi connectivity index (χ2n) is 16.5. The third-order valence-electron chi connectivity index (χ3n) is 14.7. The number of hydrogen-bond acceptors (Lipinski definition) is 9. The standard InChI is InChI=1S/C36H54N2O7/c1-20(2)21-5-6-26-27(40)7-10-33(19-39)28-8-9-32(3)30-22(16-35(32,43)34(28,42)17-24(14-21)36(26,33)44)13-23(18-38-12-11-37-4)31-25(30)15-29(41)45-31/h13,15,19-22,24,26-28,30-31,37-38,40,42-44H,5-12,14,16-18H2,1-4H3/t21-,22-,24-,26-,27+,28-,30-,31+,32-,33+,34+,35-,36+/m1/s1. The van der Waals surface area contributed by atoms with Crippen LogP contribution in [0, 0.1) is 52.3 Å². The van der Waals surface area contributed by atoms with Gasteiger partial charge in [-0.1, -0.05) is 26.8 Å². The summed E-state index contributed by atoms with van der Waals surface area (Å²) < 4.78 is 5.86. The van der Waals surface area contributed by atoms with Crippen molar-refractivity contribution in [2.24, 2.45) is 52.3 Å². The lowest BCUT2D eigenvalue weighted by molar-refractivity contribution is -0.341. The summed E-state index contributed by atoms with van der Waals surface area (Å²) in [4.78, 5) is 26.3. The fourth-order valence-corrected chi connectivity index (χ4v) is 12.6. The van der Waals surface area contributed by atoms with E-state index >= 15 is 0 Å². The predicted molar refractivity (Wildman–Crippen MR) is 168 cm³/mol. The average Bonchev–Trinajstić information content (AvgIpc) is 3.43. The number of carbonyl (C=O) groups excluding carboxylic acids is 2. The molecule has 1 heterocycles. The molecule has 0 radical (unpaired) electrons. The van der Waals surface area contributed by atoms with Crippen LogP contribution in [0.5, 0.6) is 0 Å². The fourth-order valence-electron chi connectivity index (χ4n) is 12.6. The molecule has 9 nitrogen and oxygen atoms in total. The molecular formula is C36H54N2O7. The molecule has 6 aliphatic carbocycles. The van der Waals surface area contributed by atoms with E-state index in [1.54, 1.807) is 6.08 Å². The van der Waals surface area contributed by atoms with Gasteiger partial charge in [0, 0.05) is 43.0 Å².